The molecule has 1 saturated heterocycles. The molecular weight excluding hydrogens is 765 g/mol. The van der Waals surface area contributed by atoms with Crippen molar-refractivity contribution in [2.24, 2.45) is 0 Å². The van der Waals surface area contributed by atoms with Gasteiger partial charge < -0.3 is 34.3 Å². The van der Waals surface area contributed by atoms with Crippen molar-refractivity contribution in [1.82, 2.24) is 0 Å². The van der Waals surface area contributed by atoms with Crippen molar-refractivity contribution in [1.29, 1.82) is 0 Å². The van der Waals surface area contributed by atoms with E-state index in [9.17, 15) is 37.9 Å². The maximum Gasteiger partial charge on any atom is 0.306 e. The number of hydrogen-bond acceptors (Lipinski definition) is 11. The number of aliphatic hydroxyl groups is 3. The number of allylic oxidation sites excluding steroid dienone is 4. The van der Waals surface area contributed by atoms with Crippen LogP contribution in [-0.2, 0) is 38.7 Å². The molecule has 58 heavy (non-hydrogen) atoms. The maximum atomic E-state index is 12.8. The van der Waals surface area contributed by atoms with Crippen molar-refractivity contribution in [2.45, 2.75) is 230 Å². The van der Waals surface area contributed by atoms with Crippen LogP contribution in [-0.4, -0.2) is 96.0 Å². The second-order valence-electron chi connectivity index (χ2n) is 16.1. The Morgan fingerprint density at radius 3 is 1.48 bits per heavy atom. The molecule has 1 rings (SSSR count). The van der Waals surface area contributed by atoms with E-state index in [1.54, 1.807) is 0 Å². The van der Waals surface area contributed by atoms with Gasteiger partial charge in [-0.3, -0.25) is 14.1 Å². The lowest BCUT2D eigenvalue weighted by Crippen LogP contribution is -2.60. The molecule has 0 radical (unpaired) electrons. The van der Waals surface area contributed by atoms with Crippen molar-refractivity contribution < 1.29 is 56.8 Å². The van der Waals surface area contributed by atoms with Gasteiger partial charge >= 0.3 is 11.9 Å². The maximum absolute atomic E-state index is 12.8. The number of carbonyl (C=O) groups excluding carboxylic acids is 2. The number of unbranched alkanes of at least 4 members (excludes halogenated alkanes) is 22. The molecule has 13 heteroatoms. The second-order valence-corrected chi connectivity index (χ2v) is 17.6. The topological polar surface area (TPSA) is 186 Å². The molecule has 6 atom stereocenters. The standard InChI is InChI=1S/C45H82O12S/c1-3-5-7-9-11-13-15-16-17-18-19-20-21-22-24-25-27-29-31-33-40(46)54-35-38(56-41(47)34-32-30-28-26-23-14-12-10-8-6-4-2)36-55-45-44(50)43(49)42(48)39(57-45)37-58(51,52)53/h10,12,16-17,38-39,42-45,48-50H,3-9,11,13-15,18-37H2,1-2H3,(H,51,52,53)/b12-10+,17-16+/t38-,39-,42-,43?,44?,45+/m1/s1. The van der Waals surface area contributed by atoms with Crippen molar-refractivity contribution >= 4 is 22.1 Å². The lowest BCUT2D eigenvalue weighted by Gasteiger charge is -2.40. The molecule has 0 aliphatic carbocycles. The van der Waals surface area contributed by atoms with E-state index in [-0.39, 0.29) is 19.4 Å². The molecule has 4 N–H and O–H groups in total. The minimum atomic E-state index is -4.60. The van der Waals surface area contributed by atoms with Crippen LogP contribution in [0, 0.1) is 0 Å². The summed E-state index contributed by atoms with van der Waals surface area (Å²) in [6.07, 6.45) is 29.5. The van der Waals surface area contributed by atoms with E-state index < -0.39 is 71.2 Å². The summed E-state index contributed by atoms with van der Waals surface area (Å²) < 4.78 is 54.0. The number of hydrogen-bond donors (Lipinski definition) is 4. The van der Waals surface area contributed by atoms with Gasteiger partial charge in [0.15, 0.2) is 12.4 Å². The van der Waals surface area contributed by atoms with Crippen LogP contribution in [0.5, 0.6) is 0 Å². The summed E-state index contributed by atoms with van der Waals surface area (Å²) in [7, 11) is -4.60. The molecule has 1 aliphatic heterocycles. The smallest absolute Gasteiger partial charge is 0.306 e. The zero-order valence-corrected chi connectivity index (χ0v) is 37.0. The average Bonchev–Trinajstić information content (AvgIpc) is 3.18. The monoisotopic (exact) mass is 847 g/mol. The van der Waals surface area contributed by atoms with Crippen LogP contribution in [0.15, 0.2) is 24.3 Å². The van der Waals surface area contributed by atoms with Crippen molar-refractivity contribution in [3.05, 3.63) is 24.3 Å². The Labute approximate surface area is 351 Å². The molecule has 0 saturated carbocycles. The molecule has 0 bridgehead atoms. The minimum Gasteiger partial charge on any atom is -0.462 e. The highest BCUT2D eigenvalue weighted by Crippen LogP contribution is 2.24. The van der Waals surface area contributed by atoms with Crippen LogP contribution in [0.2, 0.25) is 0 Å². The van der Waals surface area contributed by atoms with Gasteiger partial charge in [0.25, 0.3) is 10.1 Å². The fraction of sp³-hybridized carbons (Fsp3) is 0.867. The van der Waals surface area contributed by atoms with Crippen LogP contribution in [0.3, 0.4) is 0 Å². The van der Waals surface area contributed by atoms with E-state index >= 15 is 0 Å². The molecule has 0 spiro atoms. The first-order valence-corrected chi connectivity index (χ1v) is 24.5. The lowest BCUT2D eigenvalue weighted by atomic mass is 10.00. The normalized spacial score (nSPS) is 20.6. The minimum absolute atomic E-state index is 0.155. The lowest BCUT2D eigenvalue weighted by molar-refractivity contribution is -0.297. The van der Waals surface area contributed by atoms with E-state index in [0.717, 1.165) is 57.8 Å². The Morgan fingerprint density at radius 1 is 0.569 bits per heavy atom. The van der Waals surface area contributed by atoms with Crippen LogP contribution in [0.4, 0.5) is 0 Å². The van der Waals surface area contributed by atoms with Gasteiger partial charge in [-0.1, -0.05) is 147 Å². The third-order valence-corrected chi connectivity index (χ3v) is 11.3. The molecule has 12 nitrogen and oxygen atoms in total. The highest BCUT2D eigenvalue weighted by molar-refractivity contribution is 7.85. The third kappa shape index (κ3) is 30.2. The molecule has 2 unspecified atom stereocenters. The summed E-state index contributed by atoms with van der Waals surface area (Å²) in [4.78, 5) is 25.4. The number of rotatable bonds is 38. The molecule has 1 heterocycles. The highest BCUT2D eigenvalue weighted by atomic mass is 32.2. The number of esters is 2. The van der Waals surface area contributed by atoms with Crippen molar-refractivity contribution in [2.75, 3.05) is 19.0 Å². The molecule has 0 aromatic heterocycles. The quantitative estimate of drug-likeness (QED) is 0.0200. The fourth-order valence-electron chi connectivity index (χ4n) is 6.89. The van der Waals surface area contributed by atoms with Gasteiger partial charge in [-0.2, -0.15) is 8.42 Å². The fourth-order valence-corrected chi connectivity index (χ4v) is 7.58. The van der Waals surface area contributed by atoms with E-state index in [0.29, 0.717) is 12.8 Å². The number of carbonyl (C=O) groups is 2. The van der Waals surface area contributed by atoms with Crippen LogP contribution in [0.1, 0.15) is 194 Å². The Balaban J connectivity index is 2.40. The predicted octanol–water partition coefficient (Wildman–Crippen LogP) is 9.23. The first-order chi connectivity index (χ1) is 28.0. The van der Waals surface area contributed by atoms with E-state index in [1.807, 2.05) is 0 Å². The van der Waals surface area contributed by atoms with Gasteiger partial charge in [-0.25, -0.2) is 0 Å². The Bertz CT molecular complexity index is 1180. The summed E-state index contributed by atoms with van der Waals surface area (Å²) in [5.74, 6) is -1.99. The average molecular weight is 847 g/mol. The van der Waals surface area contributed by atoms with E-state index in [1.165, 1.54) is 96.3 Å². The number of ether oxygens (including phenoxy) is 4. The Morgan fingerprint density at radius 2 is 1.00 bits per heavy atom. The SMILES string of the molecule is CCCC/C=C/CCCCCCCC(=O)O[C@H](COC(=O)CCCCCCCCCCC/C=C/CCCCCCCC)CO[C@H]1O[C@H](CS(=O)(=O)O)[C@@H](O)C(O)C1O. The van der Waals surface area contributed by atoms with E-state index in [2.05, 4.69) is 38.2 Å². The van der Waals surface area contributed by atoms with Crippen LogP contribution < -0.4 is 0 Å². The van der Waals surface area contributed by atoms with Gasteiger partial charge in [0.2, 0.25) is 0 Å². The van der Waals surface area contributed by atoms with Crippen LogP contribution in [0.25, 0.3) is 0 Å². The van der Waals surface area contributed by atoms with Gasteiger partial charge in [-0.15, -0.1) is 0 Å². The Kier molecular flexibility index (Phi) is 33.5. The summed E-state index contributed by atoms with van der Waals surface area (Å²) in [6.45, 7) is 3.71. The number of aliphatic hydroxyl groups excluding tert-OH is 3. The summed E-state index contributed by atoms with van der Waals surface area (Å²) in [5, 5.41) is 30.8. The van der Waals surface area contributed by atoms with Gasteiger partial charge in [0.05, 0.1) is 6.61 Å². The molecular formula is C45H82O12S. The zero-order valence-electron chi connectivity index (χ0n) is 36.2. The zero-order chi connectivity index (χ0) is 42.7. The highest BCUT2D eigenvalue weighted by Gasteiger charge is 2.46. The second kappa shape index (κ2) is 35.8. The van der Waals surface area contributed by atoms with Crippen molar-refractivity contribution in [3.8, 4) is 0 Å². The Hall–Kier alpha value is -1.87. The first kappa shape index (κ1) is 54.1. The van der Waals surface area contributed by atoms with Gasteiger partial charge in [-0.05, 0) is 57.8 Å². The third-order valence-electron chi connectivity index (χ3n) is 10.5. The predicted molar refractivity (Wildman–Crippen MR) is 229 cm³/mol. The van der Waals surface area contributed by atoms with Crippen LogP contribution >= 0.6 is 0 Å². The van der Waals surface area contributed by atoms with Gasteiger partial charge in [0.1, 0.15) is 36.8 Å². The molecule has 340 valence electrons. The summed E-state index contributed by atoms with van der Waals surface area (Å²) in [6, 6.07) is 0. The summed E-state index contributed by atoms with van der Waals surface area (Å²) in [5.41, 5.74) is 0. The molecule has 0 aromatic carbocycles. The molecule has 1 fully saturated rings. The molecule has 0 amide bonds. The van der Waals surface area contributed by atoms with E-state index in [4.69, 9.17) is 18.9 Å². The molecule has 1 aliphatic rings. The van der Waals surface area contributed by atoms with Crippen molar-refractivity contribution in [3.63, 3.8) is 0 Å². The first-order valence-electron chi connectivity index (χ1n) is 22.9. The summed E-state index contributed by atoms with van der Waals surface area (Å²) >= 11 is 0. The van der Waals surface area contributed by atoms with Gasteiger partial charge in [0, 0.05) is 12.8 Å². The largest absolute Gasteiger partial charge is 0.462 e. The molecule has 0 aromatic rings.